The SMILES string of the molecule is CCc1nnsc1C(=O)OCc1nc2sc3c(c2c(=O)[nH]1)CC[C@H](C)C3. The molecule has 0 saturated heterocycles. The number of fused-ring (bicyclic) bond motifs is 3. The minimum Gasteiger partial charge on any atom is -0.453 e. The van der Waals surface area contributed by atoms with Crippen LogP contribution in [0.15, 0.2) is 4.79 Å². The Morgan fingerprint density at radius 1 is 1.42 bits per heavy atom. The lowest BCUT2D eigenvalue weighted by molar-refractivity contribution is 0.0466. The van der Waals surface area contributed by atoms with Crippen molar-refractivity contribution in [3.63, 3.8) is 0 Å². The van der Waals surface area contributed by atoms with Gasteiger partial charge in [-0.25, -0.2) is 9.78 Å². The minimum atomic E-state index is -0.487. The van der Waals surface area contributed by atoms with E-state index in [1.807, 2.05) is 6.92 Å². The standard InChI is InChI=1S/C17H18N4O3S2/c1-3-10-14(26-21-20-10)17(23)24-7-12-18-15(22)13-9-5-4-8(2)6-11(9)25-16(13)19-12/h8H,3-7H2,1-2H3,(H,18,19,22)/t8-/m0/s1. The molecule has 0 aliphatic heterocycles. The number of aryl methyl sites for hydroxylation is 2. The Balaban J connectivity index is 1.58. The predicted octanol–water partition coefficient (Wildman–Crippen LogP) is 2.88. The highest BCUT2D eigenvalue weighted by Crippen LogP contribution is 2.35. The van der Waals surface area contributed by atoms with Crippen molar-refractivity contribution in [1.29, 1.82) is 0 Å². The second-order valence-corrected chi connectivity index (χ2v) is 8.36. The molecule has 1 aliphatic carbocycles. The molecule has 3 aromatic heterocycles. The summed E-state index contributed by atoms with van der Waals surface area (Å²) in [6.45, 7) is 4.05. The number of carbonyl (C=O) groups excluding carboxylic acids is 1. The second kappa shape index (κ2) is 6.88. The van der Waals surface area contributed by atoms with Crippen LogP contribution in [-0.2, 0) is 30.6 Å². The largest absolute Gasteiger partial charge is 0.453 e. The number of nitrogens with one attached hydrogen (secondary N) is 1. The molecule has 0 radical (unpaired) electrons. The van der Waals surface area contributed by atoms with Crippen LogP contribution in [0, 0.1) is 5.92 Å². The van der Waals surface area contributed by atoms with Crippen LogP contribution < -0.4 is 5.56 Å². The molecular weight excluding hydrogens is 372 g/mol. The summed E-state index contributed by atoms with van der Waals surface area (Å²) in [4.78, 5) is 34.4. The van der Waals surface area contributed by atoms with E-state index in [1.54, 1.807) is 11.3 Å². The summed E-state index contributed by atoms with van der Waals surface area (Å²) in [5, 5.41) is 4.61. The van der Waals surface area contributed by atoms with E-state index in [0.717, 1.165) is 41.2 Å². The fraction of sp³-hybridized carbons (Fsp3) is 0.471. The normalized spacial score (nSPS) is 16.6. The van der Waals surface area contributed by atoms with Crippen LogP contribution in [0.1, 0.15) is 51.9 Å². The Labute approximate surface area is 157 Å². The number of H-pyrrole nitrogens is 1. The van der Waals surface area contributed by atoms with Crippen LogP contribution in [-0.4, -0.2) is 25.5 Å². The first-order chi connectivity index (χ1) is 12.6. The van der Waals surface area contributed by atoms with Crippen LogP contribution in [0.25, 0.3) is 10.2 Å². The fourth-order valence-electron chi connectivity index (χ4n) is 3.26. The van der Waals surface area contributed by atoms with E-state index in [4.69, 9.17) is 4.74 Å². The second-order valence-electron chi connectivity index (χ2n) is 6.52. The maximum absolute atomic E-state index is 12.5. The van der Waals surface area contributed by atoms with Gasteiger partial charge < -0.3 is 9.72 Å². The van der Waals surface area contributed by atoms with Gasteiger partial charge in [0, 0.05) is 4.88 Å². The predicted molar refractivity (Wildman–Crippen MR) is 99.8 cm³/mol. The highest BCUT2D eigenvalue weighted by Gasteiger charge is 2.23. The van der Waals surface area contributed by atoms with Gasteiger partial charge >= 0.3 is 5.97 Å². The lowest BCUT2D eigenvalue weighted by Gasteiger charge is -2.17. The summed E-state index contributed by atoms with van der Waals surface area (Å²) in [7, 11) is 0. The molecular formula is C17H18N4O3S2. The fourth-order valence-corrected chi connectivity index (χ4v) is 5.30. The van der Waals surface area contributed by atoms with Gasteiger partial charge in [-0.3, -0.25) is 4.79 Å². The minimum absolute atomic E-state index is 0.0793. The molecule has 3 aromatic rings. The van der Waals surface area contributed by atoms with Gasteiger partial charge in [0.25, 0.3) is 5.56 Å². The van der Waals surface area contributed by atoms with E-state index in [-0.39, 0.29) is 12.2 Å². The molecule has 0 aromatic carbocycles. The molecule has 0 bridgehead atoms. The number of ether oxygens (including phenoxy) is 1. The van der Waals surface area contributed by atoms with E-state index in [9.17, 15) is 9.59 Å². The number of nitrogens with zero attached hydrogens (tertiary/aromatic N) is 3. The van der Waals surface area contributed by atoms with Crippen LogP contribution in [0.2, 0.25) is 0 Å². The van der Waals surface area contributed by atoms with Gasteiger partial charge in [-0.1, -0.05) is 18.3 Å². The quantitative estimate of drug-likeness (QED) is 0.688. The Bertz CT molecular complexity index is 1040. The molecule has 7 nitrogen and oxygen atoms in total. The van der Waals surface area contributed by atoms with E-state index in [1.165, 1.54) is 4.88 Å². The van der Waals surface area contributed by atoms with Gasteiger partial charge in [0.1, 0.15) is 17.3 Å². The molecule has 136 valence electrons. The lowest BCUT2D eigenvalue weighted by atomic mass is 9.89. The summed E-state index contributed by atoms with van der Waals surface area (Å²) in [5.74, 6) is 0.507. The van der Waals surface area contributed by atoms with E-state index in [0.29, 0.717) is 34.1 Å². The molecule has 0 unspecified atom stereocenters. The number of carbonyl (C=O) groups is 1. The Morgan fingerprint density at radius 3 is 3.08 bits per heavy atom. The molecule has 9 heteroatoms. The average molecular weight is 390 g/mol. The summed E-state index contributed by atoms with van der Waals surface area (Å²) >= 11 is 2.60. The van der Waals surface area contributed by atoms with Gasteiger partial charge in [0.2, 0.25) is 0 Å². The number of aromatic amines is 1. The summed E-state index contributed by atoms with van der Waals surface area (Å²) < 4.78 is 9.09. The highest BCUT2D eigenvalue weighted by molar-refractivity contribution is 7.18. The van der Waals surface area contributed by atoms with Crippen molar-refractivity contribution in [3.8, 4) is 0 Å². The first-order valence-electron chi connectivity index (χ1n) is 8.58. The van der Waals surface area contributed by atoms with Crippen molar-refractivity contribution in [2.75, 3.05) is 0 Å². The number of rotatable bonds is 4. The van der Waals surface area contributed by atoms with Gasteiger partial charge in [0.05, 0.1) is 11.1 Å². The molecule has 4 rings (SSSR count). The number of hydrogen-bond acceptors (Lipinski definition) is 8. The van der Waals surface area contributed by atoms with Crippen molar-refractivity contribution in [3.05, 3.63) is 37.2 Å². The van der Waals surface area contributed by atoms with Gasteiger partial charge in [0.15, 0.2) is 4.88 Å². The zero-order valence-electron chi connectivity index (χ0n) is 14.5. The van der Waals surface area contributed by atoms with Crippen molar-refractivity contribution >= 4 is 39.1 Å². The highest BCUT2D eigenvalue weighted by atomic mass is 32.1. The Morgan fingerprint density at radius 2 is 2.27 bits per heavy atom. The average Bonchev–Trinajstić information content (AvgIpc) is 3.23. The lowest BCUT2D eigenvalue weighted by Crippen LogP contribution is -2.16. The molecule has 0 amide bonds. The van der Waals surface area contributed by atoms with Crippen LogP contribution in [0.5, 0.6) is 0 Å². The number of thiophene rings is 1. The molecule has 26 heavy (non-hydrogen) atoms. The van der Waals surface area contributed by atoms with E-state index < -0.39 is 5.97 Å². The maximum Gasteiger partial charge on any atom is 0.352 e. The summed E-state index contributed by atoms with van der Waals surface area (Å²) in [6.07, 6.45) is 3.63. The van der Waals surface area contributed by atoms with E-state index in [2.05, 4.69) is 26.5 Å². The van der Waals surface area contributed by atoms with Gasteiger partial charge in [-0.15, -0.1) is 16.4 Å². The van der Waals surface area contributed by atoms with Crippen LogP contribution >= 0.6 is 22.9 Å². The third kappa shape index (κ3) is 3.05. The van der Waals surface area contributed by atoms with Crippen LogP contribution in [0.3, 0.4) is 0 Å². The van der Waals surface area contributed by atoms with Crippen LogP contribution in [0.4, 0.5) is 0 Å². The molecule has 3 heterocycles. The van der Waals surface area contributed by atoms with Crippen molar-refractivity contribution in [1.82, 2.24) is 19.6 Å². The molecule has 0 saturated carbocycles. The maximum atomic E-state index is 12.5. The zero-order chi connectivity index (χ0) is 18.3. The zero-order valence-corrected chi connectivity index (χ0v) is 16.1. The van der Waals surface area contributed by atoms with E-state index >= 15 is 0 Å². The molecule has 1 N–H and O–H groups in total. The molecule has 0 spiro atoms. The number of hydrogen-bond donors (Lipinski definition) is 1. The van der Waals surface area contributed by atoms with Crippen molar-refractivity contribution in [2.24, 2.45) is 5.92 Å². The first kappa shape index (κ1) is 17.3. The molecule has 1 atom stereocenters. The van der Waals surface area contributed by atoms with Crippen molar-refractivity contribution in [2.45, 2.75) is 46.1 Å². The monoisotopic (exact) mass is 390 g/mol. The topological polar surface area (TPSA) is 97.8 Å². The van der Waals surface area contributed by atoms with Crippen molar-refractivity contribution < 1.29 is 9.53 Å². The van der Waals surface area contributed by atoms with Gasteiger partial charge in [-0.05, 0) is 48.7 Å². The number of aromatic nitrogens is 4. The van der Waals surface area contributed by atoms with Gasteiger partial charge in [-0.2, -0.15) is 0 Å². The third-order valence-electron chi connectivity index (χ3n) is 4.63. The molecule has 0 fully saturated rings. The molecule has 1 aliphatic rings. The number of esters is 1. The Kier molecular flexibility index (Phi) is 4.58. The first-order valence-corrected chi connectivity index (χ1v) is 10.2. The third-order valence-corrected chi connectivity index (χ3v) is 6.53. The summed E-state index contributed by atoms with van der Waals surface area (Å²) in [6, 6.07) is 0. The Hall–Kier alpha value is -2.13. The smallest absolute Gasteiger partial charge is 0.352 e. The summed E-state index contributed by atoms with van der Waals surface area (Å²) in [5.41, 5.74) is 1.61.